The highest BCUT2D eigenvalue weighted by atomic mass is 16.5. The van der Waals surface area contributed by atoms with Gasteiger partial charge in [0.25, 0.3) is 5.91 Å². The van der Waals surface area contributed by atoms with Crippen molar-refractivity contribution >= 4 is 17.5 Å². The normalized spacial score (nSPS) is 16.6. The van der Waals surface area contributed by atoms with E-state index in [1.807, 2.05) is 49.4 Å². The van der Waals surface area contributed by atoms with Gasteiger partial charge in [-0.2, -0.15) is 0 Å². The maximum Gasteiger partial charge on any atom is 0.255 e. The summed E-state index contributed by atoms with van der Waals surface area (Å²) in [5.41, 5.74) is 1.75. The van der Waals surface area contributed by atoms with Crippen LogP contribution in [0.4, 0.5) is 5.69 Å². The molecule has 1 saturated heterocycles. The number of hydrogen-bond acceptors (Lipinski definition) is 4. The molecular formula is C23H29N3O3. The predicted octanol–water partition coefficient (Wildman–Crippen LogP) is 3.13. The fraction of sp³-hybridized carbons (Fsp3) is 0.391. The van der Waals surface area contributed by atoms with Gasteiger partial charge in [0.05, 0.1) is 18.1 Å². The first-order valence-corrected chi connectivity index (χ1v) is 10.0. The fourth-order valence-corrected chi connectivity index (χ4v) is 3.73. The van der Waals surface area contributed by atoms with E-state index in [1.165, 1.54) is 0 Å². The molecule has 0 spiro atoms. The predicted molar refractivity (Wildman–Crippen MR) is 114 cm³/mol. The number of carbonyl (C=O) groups is 2. The van der Waals surface area contributed by atoms with Crippen molar-refractivity contribution in [2.45, 2.75) is 25.8 Å². The van der Waals surface area contributed by atoms with Crippen LogP contribution in [0.5, 0.6) is 0 Å². The van der Waals surface area contributed by atoms with Crippen molar-refractivity contribution in [3.8, 4) is 0 Å². The Morgan fingerprint density at radius 1 is 1.10 bits per heavy atom. The SMILES string of the molecule is COCC1(C(=O)NC(C)c2cccc(NC(=O)c3ccccc3)c2)CCNCC1. The van der Waals surface area contributed by atoms with Crippen LogP contribution in [0.3, 0.4) is 0 Å². The lowest BCUT2D eigenvalue weighted by atomic mass is 9.78. The van der Waals surface area contributed by atoms with Gasteiger partial charge >= 0.3 is 0 Å². The van der Waals surface area contributed by atoms with Gasteiger partial charge in [-0.25, -0.2) is 0 Å². The molecule has 2 amide bonds. The quantitative estimate of drug-likeness (QED) is 0.673. The molecule has 0 aliphatic carbocycles. The molecule has 6 heteroatoms. The Kier molecular flexibility index (Phi) is 7.01. The molecule has 0 bridgehead atoms. The Bertz CT molecular complexity index is 827. The maximum atomic E-state index is 13.1. The van der Waals surface area contributed by atoms with Crippen LogP contribution < -0.4 is 16.0 Å². The lowest BCUT2D eigenvalue weighted by Crippen LogP contribution is -2.50. The number of rotatable bonds is 7. The number of ether oxygens (including phenoxy) is 1. The monoisotopic (exact) mass is 395 g/mol. The third-order valence-electron chi connectivity index (χ3n) is 5.49. The summed E-state index contributed by atoms with van der Waals surface area (Å²) in [5.74, 6) is -0.139. The van der Waals surface area contributed by atoms with E-state index in [0.29, 0.717) is 17.9 Å². The van der Waals surface area contributed by atoms with Crippen LogP contribution in [0.15, 0.2) is 54.6 Å². The van der Waals surface area contributed by atoms with E-state index in [2.05, 4.69) is 16.0 Å². The minimum absolute atomic E-state index is 0.0204. The highest BCUT2D eigenvalue weighted by Crippen LogP contribution is 2.30. The molecule has 1 aliphatic heterocycles. The zero-order chi connectivity index (χ0) is 20.7. The standard InChI is InChI=1S/C23H29N3O3/c1-17(25-22(28)23(16-29-2)11-13-24-14-12-23)19-9-6-10-20(15-19)26-21(27)18-7-4-3-5-8-18/h3-10,15,17,24H,11-14,16H2,1-2H3,(H,25,28)(H,26,27). The summed E-state index contributed by atoms with van der Waals surface area (Å²) in [6.45, 7) is 4.00. The summed E-state index contributed by atoms with van der Waals surface area (Å²) in [5, 5.41) is 9.36. The second-order valence-corrected chi connectivity index (χ2v) is 7.60. The van der Waals surface area contributed by atoms with Gasteiger partial charge in [-0.05, 0) is 62.7 Å². The van der Waals surface area contributed by atoms with Gasteiger partial charge in [-0.1, -0.05) is 30.3 Å². The largest absolute Gasteiger partial charge is 0.384 e. The highest BCUT2D eigenvalue weighted by molar-refractivity contribution is 6.04. The Morgan fingerprint density at radius 2 is 1.83 bits per heavy atom. The van der Waals surface area contributed by atoms with Gasteiger partial charge in [0, 0.05) is 18.4 Å². The molecule has 0 saturated carbocycles. The molecule has 154 valence electrons. The molecule has 3 rings (SSSR count). The maximum absolute atomic E-state index is 13.1. The number of nitrogens with one attached hydrogen (secondary N) is 3. The van der Waals surface area contributed by atoms with E-state index in [-0.39, 0.29) is 17.9 Å². The molecule has 6 nitrogen and oxygen atoms in total. The molecule has 2 aromatic rings. The summed E-state index contributed by atoms with van der Waals surface area (Å²) >= 11 is 0. The Labute approximate surface area is 172 Å². The van der Waals surface area contributed by atoms with Crippen LogP contribution in [-0.4, -0.2) is 38.6 Å². The van der Waals surface area contributed by atoms with E-state index >= 15 is 0 Å². The second-order valence-electron chi connectivity index (χ2n) is 7.60. The van der Waals surface area contributed by atoms with Gasteiger partial charge in [0.2, 0.25) is 5.91 Å². The Morgan fingerprint density at radius 3 is 2.52 bits per heavy atom. The molecule has 1 unspecified atom stereocenters. The summed E-state index contributed by atoms with van der Waals surface area (Å²) in [6.07, 6.45) is 1.51. The average Bonchev–Trinajstić information content (AvgIpc) is 2.75. The summed E-state index contributed by atoms with van der Waals surface area (Å²) in [6, 6.07) is 16.5. The van der Waals surface area contributed by atoms with Crippen LogP contribution in [0.25, 0.3) is 0 Å². The molecular weight excluding hydrogens is 366 g/mol. The van der Waals surface area contributed by atoms with E-state index < -0.39 is 5.41 Å². The van der Waals surface area contributed by atoms with E-state index in [4.69, 9.17) is 4.74 Å². The number of benzene rings is 2. The van der Waals surface area contributed by atoms with E-state index in [0.717, 1.165) is 31.5 Å². The van der Waals surface area contributed by atoms with Crippen molar-refractivity contribution in [2.75, 3.05) is 32.1 Å². The summed E-state index contributed by atoms with van der Waals surface area (Å²) < 4.78 is 5.36. The van der Waals surface area contributed by atoms with Crippen molar-refractivity contribution in [3.05, 3.63) is 65.7 Å². The first-order chi connectivity index (χ1) is 14.0. The molecule has 1 heterocycles. The number of anilines is 1. The Hall–Kier alpha value is -2.70. The molecule has 3 N–H and O–H groups in total. The molecule has 1 atom stereocenters. The topological polar surface area (TPSA) is 79.5 Å². The molecule has 0 radical (unpaired) electrons. The number of amides is 2. The van der Waals surface area contributed by atoms with Crippen molar-refractivity contribution < 1.29 is 14.3 Å². The number of carbonyl (C=O) groups excluding carboxylic acids is 2. The van der Waals surface area contributed by atoms with Crippen LogP contribution in [0, 0.1) is 5.41 Å². The van der Waals surface area contributed by atoms with Crippen molar-refractivity contribution in [3.63, 3.8) is 0 Å². The minimum atomic E-state index is -0.493. The van der Waals surface area contributed by atoms with E-state index in [9.17, 15) is 9.59 Å². The van der Waals surface area contributed by atoms with Crippen molar-refractivity contribution in [2.24, 2.45) is 5.41 Å². The van der Waals surface area contributed by atoms with Crippen molar-refractivity contribution in [1.29, 1.82) is 0 Å². The van der Waals surface area contributed by atoms with Crippen LogP contribution in [0.2, 0.25) is 0 Å². The molecule has 0 aromatic heterocycles. The number of methoxy groups -OCH3 is 1. The lowest BCUT2D eigenvalue weighted by Gasteiger charge is -2.36. The molecule has 2 aromatic carbocycles. The van der Waals surface area contributed by atoms with Crippen LogP contribution in [-0.2, 0) is 9.53 Å². The molecule has 1 fully saturated rings. The third kappa shape index (κ3) is 5.22. The zero-order valence-corrected chi connectivity index (χ0v) is 17.0. The minimum Gasteiger partial charge on any atom is -0.384 e. The third-order valence-corrected chi connectivity index (χ3v) is 5.49. The summed E-state index contributed by atoms with van der Waals surface area (Å²) in [7, 11) is 1.64. The van der Waals surface area contributed by atoms with Gasteiger partial charge in [-0.3, -0.25) is 9.59 Å². The van der Waals surface area contributed by atoms with Crippen molar-refractivity contribution in [1.82, 2.24) is 10.6 Å². The number of hydrogen-bond donors (Lipinski definition) is 3. The fourth-order valence-electron chi connectivity index (χ4n) is 3.73. The van der Waals surface area contributed by atoms with Gasteiger partial charge in [0.1, 0.15) is 0 Å². The first kappa shape index (κ1) is 21.0. The smallest absolute Gasteiger partial charge is 0.255 e. The zero-order valence-electron chi connectivity index (χ0n) is 17.0. The Balaban J connectivity index is 1.68. The van der Waals surface area contributed by atoms with E-state index in [1.54, 1.807) is 19.2 Å². The molecule has 29 heavy (non-hydrogen) atoms. The second kappa shape index (κ2) is 9.67. The van der Waals surface area contributed by atoms with Crippen LogP contribution in [0.1, 0.15) is 41.7 Å². The highest BCUT2D eigenvalue weighted by Gasteiger charge is 2.40. The van der Waals surface area contributed by atoms with Gasteiger partial charge in [-0.15, -0.1) is 0 Å². The van der Waals surface area contributed by atoms with Gasteiger partial charge < -0.3 is 20.7 Å². The molecule has 1 aliphatic rings. The first-order valence-electron chi connectivity index (χ1n) is 10.0. The number of piperidine rings is 1. The average molecular weight is 396 g/mol. The van der Waals surface area contributed by atoms with Gasteiger partial charge in [0.15, 0.2) is 0 Å². The lowest BCUT2D eigenvalue weighted by molar-refractivity contribution is -0.136. The summed E-state index contributed by atoms with van der Waals surface area (Å²) in [4.78, 5) is 25.4. The van der Waals surface area contributed by atoms with Crippen LogP contribution >= 0.6 is 0 Å².